The lowest BCUT2D eigenvalue weighted by atomic mass is 9.70. The zero-order chi connectivity index (χ0) is 23.0. The molecular formula is C23H27ClN2O6. The Labute approximate surface area is 191 Å². The lowest BCUT2D eigenvalue weighted by Gasteiger charge is -2.37. The number of halogens is 1. The van der Waals surface area contributed by atoms with E-state index in [-0.39, 0.29) is 31.5 Å². The Kier molecular flexibility index (Phi) is 6.29. The molecule has 2 unspecified atom stereocenters. The molecule has 4 rings (SSSR count). The van der Waals surface area contributed by atoms with E-state index in [2.05, 4.69) is 6.58 Å². The van der Waals surface area contributed by atoms with Gasteiger partial charge in [-0.05, 0) is 37.8 Å². The highest BCUT2D eigenvalue weighted by Gasteiger charge is 2.74. The van der Waals surface area contributed by atoms with Gasteiger partial charge in [-0.2, -0.15) is 0 Å². The second-order valence-electron chi connectivity index (χ2n) is 8.55. The Bertz CT molecular complexity index is 939. The summed E-state index contributed by atoms with van der Waals surface area (Å²) in [5.41, 5.74) is -0.689. The molecule has 3 saturated heterocycles. The topological polar surface area (TPSA) is 107 Å². The predicted molar refractivity (Wildman–Crippen MR) is 117 cm³/mol. The average Bonchev–Trinajstić information content (AvgIpc) is 3.40. The van der Waals surface area contributed by atoms with Crippen LogP contribution in [0.1, 0.15) is 25.7 Å². The van der Waals surface area contributed by atoms with Gasteiger partial charge in [0, 0.05) is 19.7 Å². The van der Waals surface area contributed by atoms with Crippen molar-refractivity contribution >= 4 is 35.1 Å². The van der Waals surface area contributed by atoms with Crippen molar-refractivity contribution in [3.8, 4) is 0 Å². The van der Waals surface area contributed by atoms with Crippen molar-refractivity contribution in [2.45, 2.75) is 43.4 Å². The van der Waals surface area contributed by atoms with Crippen molar-refractivity contribution in [1.82, 2.24) is 4.90 Å². The van der Waals surface area contributed by atoms with Gasteiger partial charge in [0.1, 0.15) is 11.6 Å². The number of amides is 2. The summed E-state index contributed by atoms with van der Waals surface area (Å²) in [6.07, 6.45) is 2.89. The molecule has 8 nitrogen and oxygen atoms in total. The van der Waals surface area contributed by atoms with Crippen molar-refractivity contribution in [3.05, 3.63) is 41.9 Å². The van der Waals surface area contributed by atoms with Crippen LogP contribution in [0.3, 0.4) is 0 Å². The number of benzene rings is 1. The first-order valence-corrected chi connectivity index (χ1v) is 11.2. The third-order valence-electron chi connectivity index (χ3n) is 6.85. The lowest BCUT2D eigenvalue weighted by molar-refractivity contribution is -0.149. The van der Waals surface area contributed by atoms with Gasteiger partial charge in [0.2, 0.25) is 5.91 Å². The Morgan fingerprint density at radius 1 is 1.34 bits per heavy atom. The summed E-state index contributed by atoms with van der Waals surface area (Å²) in [5.74, 6) is -3.69. The average molecular weight is 463 g/mol. The van der Waals surface area contributed by atoms with Gasteiger partial charge in [-0.25, -0.2) is 0 Å². The van der Waals surface area contributed by atoms with E-state index in [1.165, 1.54) is 9.80 Å². The van der Waals surface area contributed by atoms with E-state index in [4.69, 9.17) is 16.3 Å². The van der Waals surface area contributed by atoms with Gasteiger partial charge in [-0.3, -0.25) is 14.4 Å². The van der Waals surface area contributed by atoms with Crippen LogP contribution in [0, 0.1) is 11.8 Å². The molecule has 1 aromatic rings. The summed E-state index contributed by atoms with van der Waals surface area (Å²) in [6.45, 7) is 4.12. The minimum absolute atomic E-state index is 0.0340. The molecule has 0 aromatic heterocycles. The van der Waals surface area contributed by atoms with Crippen LogP contribution in [0.15, 0.2) is 36.9 Å². The summed E-state index contributed by atoms with van der Waals surface area (Å²) < 4.78 is 6.19. The zero-order valence-corrected chi connectivity index (χ0v) is 18.4. The highest BCUT2D eigenvalue weighted by atomic mass is 35.5. The number of hydrogen-bond acceptors (Lipinski definition) is 5. The van der Waals surface area contributed by atoms with Crippen LogP contribution in [0.25, 0.3) is 0 Å². The van der Waals surface area contributed by atoms with Crippen LogP contribution in [-0.2, 0) is 19.1 Å². The minimum atomic E-state index is -1.18. The summed E-state index contributed by atoms with van der Waals surface area (Å²) in [6, 6.07) is 5.96. The van der Waals surface area contributed by atoms with E-state index in [0.29, 0.717) is 36.4 Å². The first-order chi connectivity index (χ1) is 15.4. The van der Waals surface area contributed by atoms with Crippen molar-refractivity contribution in [1.29, 1.82) is 0 Å². The van der Waals surface area contributed by atoms with E-state index in [1.807, 2.05) is 0 Å². The number of para-hydroxylation sites is 1. The number of hydrogen-bond donors (Lipinski definition) is 2. The molecule has 1 aromatic carbocycles. The Hall–Kier alpha value is -2.42. The standard InChI is InChI=1S/C23H27ClN2O6/c1-2-11-25(15-8-4-3-7-14(15)24)21(29)19-23-10-9-16(32-23)17(22(30)31)18(23)20(28)26(19)12-5-6-13-27/h2-4,7-8,16-19,27H,1,5-6,9-13H2,(H,30,31)/t16-,17+,18+,19?,23?/m1/s1. The van der Waals surface area contributed by atoms with Gasteiger partial charge < -0.3 is 24.7 Å². The van der Waals surface area contributed by atoms with E-state index < -0.39 is 35.6 Å². The maximum atomic E-state index is 14.0. The molecule has 0 radical (unpaired) electrons. The van der Waals surface area contributed by atoms with E-state index in [0.717, 1.165) is 0 Å². The maximum Gasteiger partial charge on any atom is 0.310 e. The molecule has 2 N–H and O–H groups in total. The SMILES string of the molecule is C=CCN(C(=O)C1N(CCCCO)C(=O)[C@@H]2[C@@H](C(=O)O)[C@H]3CCC12O3)c1ccccc1Cl. The van der Waals surface area contributed by atoms with Crippen LogP contribution < -0.4 is 4.90 Å². The second kappa shape index (κ2) is 8.84. The number of aliphatic hydroxyl groups excluding tert-OH is 1. The number of ether oxygens (including phenoxy) is 1. The number of rotatable bonds is 9. The molecular weight excluding hydrogens is 436 g/mol. The fourth-order valence-electron chi connectivity index (χ4n) is 5.60. The number of likely N-dealkylation sites (tertiary alicyclic amines) is 1. The van der Waals surface area contributed by atoms with Gasteiger partial charge in [0.05, 0.1) is 28.6 Å². The molecule has 0 aliphatic carbocycles. The summed E-state index contributed by atoms with van der Waals surface area (Å²) in [5, 5.41) is 19.4. The fourth-order valence-corrected chi connectivity index (χ4v) is 5.84. The molecule has 2 bridgehead atoms. The van der Waals surface area contributed by atoms with E-state index in [9.17, 15) is 24.6 Å². The number of carbonyl (C=O) groups excluding carboxylic acids is 2. The van der Waals surface area contributed by atoms with Gasteiger partial charge in [-0.1, -0.05) is 29.8 Å². The molecule has 172 valence electrons. The van der Waals surface area contributed by atoms with Gasteiger partial charge in [0.15, 0.2) is 0 Å². The van der Waals surface area contributed by atoms with Crippen molar-refractivity contribution in [2.24, 2.45) is 11.8 Å². The van der Waals surface area contributed by atoms with Crippen LogP contribution >= 0.6 is 11.6 Å². The number of carboxylic acid groups (broad SMARTS) is 1. The first-order valence-electron chi connectivity index (χ1n) is 10.9. The fraction of sp³-hybridized carbons (Fsp3) is 0.522. The highest BCUT2D eigenvalue weighted by molar-refractivity contribution is 6.34. The van der Waals surface area contributed by atoms with Crippen LogP contribution in [0.4, 0.5) is 5.69 Å². The Morgan fingerprint density at radius 2 is 2.09 bits per heavy atom. The number of aliphatic carboxylic acids is 1. The molecule has 32 heavy (non-hydrogen) atoms. The van der Waals surface area contributed by atoms with Crippen molar-refractivity contribution in [2.75, 3.05) is 24.6 Å². The zero-order valence-electron chi connectivity index (χ0n) is 17.7. The largest absolute Gasteiger partial charge is 0.481 e. The smallest absolute Gasteiger partial charge is 0.310 e. The first kappa shape index (κ1) is 22.8. The molecule has 1 spiro atoms. The predicted octanol–water partition coefficient (Wildman–Crippen LogP) is 2.09. The lowest BCUT2D eigenvalue weighted by Crippen LogP contribution is -2.56. The molecule has 2 amide bonds. The van der Waals surface area contributed by atoms with Gasteiger partial charge in [0.25, 0.3) is 5.91 Å². The number of aliphatic hydroxyl groups is 1. The molecule has 0 saturated carbocycles. The number of fused-ring (bicyclic) bond motifs is 1. The molecule has 3 aliphatic heterocycles. The van der Waals surface area contributed by atoms with E-state index >= 15 is 0 Å². The molecule has 3 fully saturated rings. The second-order valence-corrected chi connectivity index (χ2v) is 8.95. The Balaban J connectivity index is 1.77. The molecule has 3 aliphatic rings. The summed E-state index contributed by atoms with van der Waals surface area (Å²) >= 11 is 6.38. The molecule has 5 atom stereocenters. The van der Waals surface area contributed by atoms with E-state index in [1.54, 1.807) is 30.3 Å². The van der Waals surface area contributed by atoms with Crippen molar-refractivity contribution in [3.63, 3.8) is 0 Å². The number of nitrogens with zero attached hydrogens (tertiary/aromatic N) is 2. The normalized spacial score (nSPS) is 30.4. The molecule has 9 heteroatoms. The van der Waals surface area contributed by atoms with Crippen LogP contribution in [-0.4, -0.2) is 70.3 Å². The highest BCUT2D eigenvalue weighted by Crippen LogP contribution is 2.58. The quantitative estimate of drug-likeness (QED) is 0.430. The summed E-state index contributed by atoms with van der Waals surface area (Å²) in [7, 11) is 0. The number of carbonyl (C=O) groups is 3. The van der Waals surface area contributed by atoms with Gasteiger partial charge in [-0.15, -0.1) is 6.58 Å². The maximum absolute atomic E-state index is 14.0. The molecule has 3 heterocycles. The van der Waals surface area contributed by atoms with Crippen LogP contribution in [0.2, 0.25) is 5.02 Å². The van der Waals surface area contributed by atoms with Crippen LogP contribution in [0.5, 0.6) is 0 Å². The number of carboxylic acids is 1. The monoisotopic (exact) mass is 462 g/mol. The number of unbranched alkanes of at least 4 members (excludes halogenated alkanes) is 1. The van der Waals surface area contributed by atoms with Crippen molar-refractivity contribution < 1.29 is 29.3 Å². The third-order valence-corrected chi connectivity index (χ3v) is 7.17. The summed E-state index contributed by atoms with van der Waals surface area (Å²) in [4.78, 5) is 42.5. The minimum Gasteiger partial charge on any atom is -0.481 e. The van der Waals surface area contributed by atoms with Gasteiger partial charge >= 0.3 is 5.97 Å². The number of anilines is 1. The third kappa shape index (κ3) is 3.41. The Morgan fingerprint density at radius 3 is 2.75 bits per heavy atom.